The normalized spacial score (nSPS) is 21.1. The molecule has 5 atom stereocenters. The predicted octanol–water partition coefficient (Wildman–Crippen LogP) is 6.19. The SMILES string of the molecule is CC(=O)N[C@H]1[C@@H](OCc2ccccc2)[C@H](OCc2ccccc2)[C@@H](CO[Si](c2ccccc2)(c2ccccc2)C(C)(C)C)C[C@@H]1OC(C)=O. The molecule has 0 spiro atoms. The molecule has 1 amide bonds. The molecule has 0 aliphatic heterocycles. The Labute approximate surface area is 292 Å². The van der Waals surface area contributed by atoms with Gasteiger partial charge in [0.2, 0.25) is 5.91 Å². The molecule has 4 aromatic rings. The largest absolute Gasteiger partial charge is 0.460 e. The summed E-state index contributed by atoms with van der Waals surface area (Å²) in [6, 6.07) is 40.4. The quantitative estimate of drug-likeness (QED) is 0.134. The van der Waals surface area contributed by atoms with Gasteiger partial charge in [-0.1, -0.05) is 142 Å². The monoisotopic (exact) mass is 679 g/mol. The van der Waals surface area contributed by atoms with E-state index in [1.54, 1.807) is 0 Å². The van der Waals surface area contributed by atoms with E-state index < -0.39 is 38.6 Å². The summed E-state index contributed by atoms with van der Waals surface area (Å²) in [5.41, 5.74) is 2.01. The van der Waals surface area contributed by atoms with Crippen molar-refractivity contribution < 1.29 is 28.2 Å². The Bertz CT molecular complexity index is 1570. The van der Waals surface area contributed by atoms with E-state index in [0.29, 0.717) is 26.2 Å². The van der Waals surface area contributed by atoms with Crippen molar-refractivity contribution in [2.75, 3.05) is 6.61 Å². The molecule has 49 heavy (non-hydrogen) atoms. The number of esters is 1. The first-order valence-corrected chi connectivity index (χ1v) is 19.0. The van der Waals surface area contributed by atoms with Crippen molar-refractivity contribution in [2.45, 2.75) is 83.6 Å². The Morgan fingerprint density at radius 3 is 1.57 bits per heavy atom. The Balaban J connectivity index is 1.57. The molecule has 0 unspecified atom stereocenters. The molecule has 1 saturated carbocycles. The van der Waals surface area contributed by atoms with Gasteiger partial charge in [-0.2, -0.15) is 0 Å². The number of benzene rings is 4. The van der Waals surface area contributed by atoms with E-state index in [1.807, 2.05) is 72.8 Å². The Morgan fingerprint density at radius 2 is 1.14 bits per heavy atom. The van der Waals surface area contributed by atoms with Gasteiger partial charge in [-0.25, -0.2) is 0 Å². The number of hydrogen-bond acceptors (Lipinski definition) is 6. The summed E-state index contributed by atoms with van der Waals surface area (Å²) in [7, 11) is -2.91. The summed E-state index contributed by atoms with van der Waals surface area (Å²) in [5, 5.41) is 5.19. The van der Waals surface area contributed by atoms with Gasteiger partial charge in [-0.05, 0) is 33.0 Å². The highest BCUT2D eigenvalue weighted by molar-refractivity contribution is 6.99. The van der Waals surface area contributed by atoms with Crippen LogP contribution in [0.5, 0.6) is 0 Å². The number of nitrogens with one attached hydrogen (secondary N) is 1. The third-order valence-corrected chi connectivity index (χ3v) is 14.3. The number of hydrogen-bond donors (Lipinski definition) is 1. The zero-order valence-corrected chi connectivity index (χ0v) is 30.2. The first-order valence-electron chi connectivity index (χ1n) is 17.1. The third kappa shape index (κ3) is 8.94. The van der Waals surface area contributed by atoms with Crippen LogP contribution in [-0.4, -0.2) is 51.2 Å². The highest BCUT2D eigenvalue weighted by Gasteiger charge is 2.53. The molecular formula is C41H49NO6Si. The van der Waals surface area contributed by atoms with Gasteiger partial charge < -0.3 is 24.0 Å². The molecule has 1 fully saturated rings. The third-order valence-electron chi connectivity index (χ3n) is 9.27. The number of ether oxygens (including phenoxy) is 3. The first-order chi connectivity index (χ1) is 23.6. The van der Waals surface area contributed by atoms with Crippen molar-refractivity contribution in [3.63, 3.8) is 0 Å². The summed E-state index contributed by atoms with van der Waals surface area (Å²) >= 11 is 0. The maximum absolute atomic E-state index is 12.6. The molecule has 0 aromatic heterocycles. The first kappa shape index (κ1) is 36.2. The summed E-state index contributed by atoms with van der Waals surface area (Å²) < 4.78 is 27.0. The zero-order chi connectivity index (χ0) is 34.9. The van der Waals surface area contributed by atoms with Crippen LogP contribution in [0.1, 0.15) is 52.2 Å². The minimum Gasteiger partial charge on any atom is -0.460 e. The molecule has 0 bridgehead atoms. The van der Waals surface area contributed by atoms with Crippen LogP contribution in [-0.2, 0) is 41.4 Å². The number of rotatable bonds is 13. The van der Waals surface area contributed by atoms with E-state index in [0.717, 1.165) is 11.1 Å². The van der Waals surface area contributed by atoms with Gasteiger partial charge in [0.15, 0.2) is 0 Å². The fourth-order valence-electron chi connectivity index (χ4n) is 7.13. The lowest BCUT2D eigenvalue weighted by Crippen LogP contribution is -2.68. The molecular weight excluding hydrogens is 631 g/mol. The summed E-state index contributed by atoms with van der Waals surface area (Å²) in [6.45, 7) is 10.6. The minimum absolute atomic E-state index is 0.234. The van der Waals surface area contributed by atoms with E-state index in [4.69, 9.17) is 18.6 Å². The van der Waals surface area contributed by atoms with Gasteiger partial charge >= 0.3 is 5.97 Å². The fraction of sp³-hybridized carbons (Fsp3) is 0.366. The molecule has 8 heteroatoms. The second-order valence-corrected chi connectivity index (χ2v) is 18.2. The van der Waals surface area contributed by atoms with Gasteiger partial charge in [0.05, 0.1) is 25.4 Å². The van der Waals surface area contributed by atoms with Crippen LogP contribution in [0.4, 0.5) is 0 Å². The van der Waals surface area contributed by atoms with Crippen molar-refractivity contribution in [2.24, 2.45) is 5.92 Å². The Morgan fingerprint density at radius 1 is 0.694 bits per heavy atom. The van der Waals surface area contributed by atoms with E-state index in [2.05, 4.69) is 74.6 Å². The molecule has 4 aromatic carbocycles. The van der Waals surface area contributed by atoms with Crippen LogP contribution >= 0.6 is 0 Å². The standard InChI is InChI=1S/C41H49NO6Si/c1-30(43)42-38-37(48-31(2)44)26-34(29-47-49(41(3,4)5,35-22-14-8-15-23-35)36-24-16-9-17-25-36)39(45-27-32-18-10-6-11-19-32)40(38)46-28-33-20-12-7-13-21-33/h6-25,34,37-40H,26-29H2,1-5H3,(H,42,43)/t34-,37+,38-,39-,40-/m1/s1. The molecule has 1 aliphatic rings. The van der Waals surface area contributed by atoms with Gasteiger partial charge in [0.1, 0.15) is 12.2 Å². The lowest BCUT2D eigenvalue weighted by molar-refractivity contribution is -0.186. The van der Waals surface area contributed by atoms with Crippen LogP contribution in [0.3, 0.4) is 0 Å². The van der Waals surface area contributed by atoms with E-state index >= 15 is 0 Å². The van der Waals surface area contributed by atoms with Crippen LogP contribution in [0.15, 0.2) is 121 Å². The van der Waals surface area contributed by atoms with Crippen LogP contribution in [0.2, 0.25) is 5.04 Å². The maximum atomic E-state index is 12.6. The second-order valence-electron chi connectivity index (χ2n) is 13.9. The summed E-state index contributed by atoms with van der Waals surface area (Å²) in [5.74, 6) is -0.891. The molecule has 258 valence electrons. The average Bonchev–Trinajstić information content (AvgIpc) is 3.09. The van der Waals surface area contributed by atoms with Gasteiger partial charge in [-0.3, -0.25) is 9.59 Å². The van der Waals surface area contributed by atoms with Crippen LogP contribution in [0, 0.1) is 5.92 Å². The van der Waals surface area contributed by atoms with Gasteiger partial charge in [0, 0.05) is 26.4 Å². The van der Waals surface area contributed by atoms with Crippen molar-refractivity contribution in [1.82, 2.24) is 5.32 Å². The molecule has 1 aliphatic carbocycles. The summed E-state index contributed by atoms with van der Waals surface area (Å²) in [4.78, 5) is 25.2. The highest BCUT2D eigenvalue weighted by Crippen LogP contribution is 2.39. The van der Waals surface area contributed by atoms with E-state index in [-0.39, 0.29) is 16.9 Å². The lowest BCUT2D eigenvalue weighted by Gasteiger charge is -2.48. The smallest absolute Gasteiger partial charge is 0.302 e. The van der Waals surface area contributed by atoms with Crippen molar-refractivity contribution in [3.8, 4) is 0 Å². The molecule has 0 saturated heterocycles. The second kappa shape index (κ2) is 16.5. The van der Waals surface area contributed by atoms with Crippen LogP contribution in [0.25, 0.3) is 0 Å². The molecule has 5 rings (SSSR count). The van der Waals surface area contributed by atoms with Crippen molar-refractivity contribution in [1.29, 1.82) is 0 Å². The number of amides is 1. The zero-order valence-electron chi connectivity index (χ0n) is 29.2. The number of carbonyl (C=O) groups excluding carboxylic acids is 2. The summed E-state index contributed by atoms with van der Waals surface area (Å²) in [6.07, 6.45) is -1.36. The Kier molecular flexibility index (Phi) is 12.2. The Hall–Kier alpha value is -4.08. The topological polar surface area (TPSA) is 83.1 Å². The fourth-order valence-corrected chi connectivity index (χ4v) is 11.7. The average molecular weight is 680 g/mol. The molecule has 7 nitrogen and oxygen atoms in total. The van der Waals surface area contributed by atoms with Crippen molar-refractivity contribution >= 4 is 30.6 Å². The molecule has 0 heterocycles. The molecule has 1 N–H and O–H groups in total. The lowest BCUT2D eigenvalue weighted by atomic mass is 9.79. The molecule has 0 radical (unpaired) electrons. The highest BCUT2D eigenvalue weighted by atomic mass is 28.4. The van der Waals surface area contributed by atoms with Gasteiger partial charge in [-0.15, -0.1) is 0 Å². The van der Waals surface area contributed by atoms with E-state index in [9.17, 15) is 9.59 Å². The number of carbonyl (C=O) groups is 2. The van der Waals surface area contributed by atoms with Crippen LogP contribution < -0.4 is 15.7 Å². The van der Waals surface area contributed by atoms with E-state index in [1.165, 1.54) is 24.2 Å². The predicted molar refractivity (Wildman–Crippen MR) is 195 cm³/mol. The minimum atomic E-state index is -2.91. The van der Waals surface area contributed by atoms with Gasteiger partial charge in [0.25, 0.3) is 8.32 Å². The maximum Gasteiger partial charge on any atom is 0.302 e. The van der Waals surface area contributed by atoms with Crippen molar-refractivity contribution in [3.05, 3.63) is 132 Å².